The fourth-order valence-electron chi connectivity index (χ4n) is 2.01. The van der Waals surface area contributed by atoms with Crippen LogP contribution in [0.4, 0.5) is 22.0 Å². The number of hydrogen-bond acceptors (Lipinski definition) is 1. The highest BCUT2D eigenvalue weighted by Gasteiger charge is 2.30. The predicted molar refractivity (Wildman–Crippen MR) is 71.5 cm³/mol. The SMILES string of the molecule is Fc1cc(-c2nc3cc(C(F)(F)F)ccc3[nH]2)c(F)cc1Cl. The summed E-state index contributed by atoms with van der Waals surface area (Å²) in [6.07, 6.45) is -4.51. The molecule has 0 bridgehead atoms. The number of benzene rings is 2. The van der Waals surface area contributed by atoms with E-state index >= 15 is 0 Å². The summed E-state index contributed by atoms with van der Waals surface area (Å²) >= 11 is 5.45. The molecule has 1 heterocycles. The van der Waals surface area contributed by atoms with Crippen molar-refractivity contribution in [2.75, 3.05) is 0 Å². The molecule has 3 aromatic rings. The van der Waals surface area contributed by atoms with Gasteiger partial charge in [-0.05, 0) is 30.3 Å². The van der Waals surface area contributed by atoms with Crippen LogP contribution in [0.3, 0.4) is 0 Å². The minimum atomic E-state index is -4.51. The molecule has 0 aliphatic heterocycles. The Kier molecular flexibility index (Phi) is 3.32. The molecule has 0 saturated heterocycles. The summed E-state index contributed by atoms with van der Waals surface area (Å²) in [6.45, 7) is 0. The van der Waals surface area contributed by atoms with E-state index in [1.807, 2.05) is 0 Å². The van der Waals surface area contributed by atoms with E-state index in [1.165, 1.54) is 6.07 Å². The molecule has 0 amide bonds. The fourth-order valence-corrected chi connectivity index (χ4v) is 2.16. The minimum absolute atomic E-state index is 0.000386. The third-order valence-electron chi connectivity index (χ3n) is 3.08. The van der Waals surface area contributed by atoms with Crippen molar-refractivity contribution in [2.45, 2.75) is 6.18 Å². The third kappa shape index (κ3) is 2.52. The Morgan fingerprint density at radius 3 is 2.41 bits per heavy atom. The first-order valence-corrected chi connectivity index (χ1v) is 6.35. The Balaban J connectivity index is 2.15. The van der Waals surface area contributed by atoms with Gasteiger partial charge in [-0.25, -0.2) is 13.8 Å². The van der Waals surface area contributed by atoms with Gasteiger partial charge in [0.15, 0.2) is 0 Å². The number of nitrogens with zero attached hydrogens (tertiary/aromatic N) is 1. The molecule has 0 fully saturated rings. The van der Waals surface area contributed by atoms with Crippen molar-refractivity contribution in [3.05, 3.63) is 52.6 Å². The number of rotatable bonds is 1. The van der Waals surface area contributed by atoms with Gasteiger partial charge in [0.05, 0.1) is 27.2 Å². The lowest BCUT2D eigenvalue weighted by atomic mass is 10.2. The standard InChI is InChI=1S/C14H6ClF5N2/c15-8-5-9(16)7(4-10(8)17)13-21-11-2-1-6(14(18,19)20)3-12(11)22-13/h1-5H,(H,21,22). The van der Waals surface area contributed by atoms with E-state index in [-0.39, 0.29) is 22.4 Å². The number of halogens is 6. The van der Waals surface area contributed by atoms with Crippen molar-refractivity contribution in [2.24, 2.45) is 0 Å². The van der Waals surface area contributed by atoms with Crippen molar-refractivity contribution < 1.29 is 22.0 Å². The lowest BCUT2D eigenvalue weighted by molar-refractivity contribution is -0.137. The molecule has 1 N–H and O–H groups in total. The molecule has 22 heavy (non-hydrogen) atoms. The summed E-state index contributed by atoms with van der Waals surface area (Å²) in [6, 6.07) is 4.50. The van der Waals surface area contributed by atoms with Crippen molar-refractivity contribution in [1.29, 1.82) is 0 Å². The predicted octanol–water partition coefficient (Wildman–Crippen LogP) is 5.18. The Hall–Kier alpha value is -2.15. The normalized spacial score (nSPS) is 12.1. The van der Waals surface area contributed by atoms with Crippen LogP contribution in [0.15, 0.2) is 30.3 Å². The maximum atomic E-state index is 13.8. The zero-order chi connectivity index (χ0) is 16.1. The van der Waals surface area contributed by atoms with Crippen LogP contribution in [0.25, 0.3) is 22.4 Å². The Morgan fingerprint density at radius 2 is 1.73 bits per heavy atom. The average Bonchev–Trinajstić information content (AvgIpc) is 2.84. The molecular formula is C14H6ClF5N2. The summed E-state index contributed by atoms with van der Waals surface area (Å²) in [5.41, 5.74) is -0.815. The Morgan fingerprint density at radius 1 is 1.00 bits per heavy atom. The second kappa shape index (κ2) is 4.95. The Labute approximate surface area is 125 Å². The number of nitrogens with one attached hydrogen (secondary N) is 1. The van der Waals surface area contributed by atoms with Gasteiger partial charge in [0.25, 0.3) is 0 Å². The van der Waals surface area contributed by atoms with E-state index < -0.39 is 28.4 Å². The summed E-state index contributed by atoms with van der Waals surface area (Å²) < 4.78 is 65.2. The number of aromatic nitrogens is 2. The molecule has 0 spiro atoms. The fraction of sp³-hybridized carbons (Fsp3) is 0.0714. The highest BCUT2D eigenvalue weighted by molar-refractivity contribution is 6.30. The molecule has 0 saturated carbocycles. The van der Waals surface area contributed by atoms with E-state index in [1.54, 1.807) is 0 Å². The van der Waals surface area contributed by atoms with Crippen LogP contribution in [-0.4, -0.2) is 9.97 Å². The zero-order valence-electron chi connectivity index (χ0n) is 10.6. The summed E-state index contributed by atoms with van der Waals surface area (Å²) in [7, 11) is 0. The average molecular weight is 333 g/mol. The Bertz CT molecular complexity index is 870. The zero-order valence-corrected chi connectivity index (χ0v) is 11.4. The number of hydrogen-bond donors (Lipinski definition) is 1. The van der Waals surface area contributed by atoms with Gasteiger partial charge < -0.3 is 4.98 Å². The van der Waals surface area contributed by atoms with Gasteiger partial charge in [0.2, 0.25) is 0 Å². The molecule has 114 valence electrons. The van der Waals surface area contributed by atoms with Crippen molar-refractivity contribution in [1.82, 2.24) is 9.97 Å². The number of alkyl halides is 3. The molecule has 3 rings (SSSR count). The topological polar surface area (TPSA) is 28.7 Å². The largest absolute Gasteiger partial charge is 0.416 e. The van der Waals surface area contributed by atoms with Crippen LogP contribution in [0, 0.1) is 11.6 Å². The molecule has 0 unspecified atom stereocenters. The summed E-state index contributed by atoms with van der Waals surface area (Å²) in [5.74, 6) is -1.77. The van der Waals surface area contributed by atoms with Crippen LogP contribution in [-0.2, 0) is 6.18 Å². The second-order valence-corrected chi connectivity index (χ2v) is 4.97. The summed E-state index contributed by atoms with van der Waals surface area (Å²) in [5, 5.41) is -0.392. The maximum Gasteiger partial charge on any atom is 0.416 e. The van der Waals surface area contributed by atoms with Crippen LogP contribution in [0.5, 0.6) is 0 Å². The molecule has 2 aromatic carbocycles. The minimum Gasteiger partial charge on any atom is -0.338 e. The van der Waals surface area contributed by atoms with E-state index in [2.05, 4.69) is 9.97 Å². The van der Waals surface area contributed by atoms with E-state index in [0.717, 1.165) is 24.3 Å². The lowest BCUT2D eigenvalue weighted by Crippen LogP contribution is -2.04. The number of imidazole rings is 1. The molecule has 0 radical (unpaired) electrons. The molecular weight excluding hydrogens is 327 g/mol. The number of aromatic amines is 1. The maximum absolute atomic E-state index is 13.8. The van der Waals surface area contributed by atoms with Crippen LogP contribution in [0.2, 0.25) is 5.02 Å². The van der Waals surface area contributed by atoms with E-state index in [4.69, 9.17) is 11.6 Å². The van der Waals surface area contributed by atoms with Gasteiger partial charge in [-0.2, -0.15) is 13.2 Å². The quantitative estimate of drug-likeness (QED) is 0.483. The monoisotopic (exact) mass is 332 g/mol. The highest BCUT2D eigenvalue weighted by Crippen LogP contribution is 2.32. The molecule has 0 aliphatic rings. The smallest absolute Gasteiger partial charge is 0.338 e. The van der Waals surface area contributed by atoms with Gasteiger partial charge >= 0.3 is 6.18 Å². The number of fused-ring (bicyclic) bond motifs is 1. The number of H-pyrrole nitrogens is 1. The van der Waals surface area contributed by atoms with Crippen molar-refractivity contribution in [3.8, 4) is 11.4 Å². The van der Waals surface area contributed by atoms with Gasteiger partial charge in [-0.1, -0.05) is 11.6 Å². The second-order valence-electron chi connectivity index (χ2n) is 4.56. The first kappa shape index (κ1) is 14.8. The van der Waals surface area contributed by atoms with Gasteiger partial charge in [0, 0.05) is 0 Å². The van der Waals surface area contributed by atoms with E-state index in [0.29, 0.717) is 0 Å². The van der Waals surface area contributed by atoms with E-state index in [9.17, 15) is 22.0 Å². The summed E-state index contributed by atoms with van der Waals surface area (Å²) in [4.78, 5) is 6.53. The van der Waals surface area contributed by atoms with Crippen LogP contribution >= 0.6 is 11.6 Å². The molecule has 0 atom stereocenters. The first-order valence-electron chi connectivity index (χ1n) is 5.97. The highest BCUT2D eigenvalue weighted by atomic mass is 35.5. The van der Waals surface area contributed by atoms with Gasteiger partial charge in [0.1, 0.15) is 17.5 Å². The first-order chi connectivity index (χ1) is 10.3. The molecule has 0 aliphatic carbocycles. The van der Waals surface area contributed by atoms with Gasteiger partial charge in [-0.3, -0.25) is 0 Å². The van der Waals surface area contributed by atoms with Crippen molar-refractivity contribution in [3.63, 3.8) is 0 Å². The molecule has 1 aromatic heterocycles. The van der Waals surface area contributed by atoms with Crippen LogP contribution in [0.1, 0.15) is 5.56 Å². The van der Waals surface area contributed by atoms with Crippen LogP contribution < -0.4 is 0 Å². The van der Waals surface area contributed by atoms with Gasteiger partial charge in [-0.15, -0.1) is 0 Å². The third-order valence-corrected chi connectivity index (χ3v) is 3.37. The molecule has 2 nitrogen and oxygen atoms in total. The molecule has 8 heteroatoms. The lowest BCUT2D eigenvalue weighted by Gasteiger charge is -2.04. The van der Waals surface area contributed by atoms with Crippen molar-refractivity contribution >= 4 is 22.6 Å².